The number of aliphatic hydroxyl groups excluding tert-OH is 1. The molecule has 1 N–H and O–H groups in total. The topological polar surface area (TPSA) is 40.5 Å². The third kappa shape index (κ3) is 2.27. The van der Waals surface area contributed by atoms with Gasteiger partial charge in [-0.1, -0.05) is 17.2 Å². The first kappa shape index (κ1) is 12.7. The summed E-state index contributed by atoms with van der Waals surface area (Å²) < 4.78 is 0. The highest BCUT2D eigenvalue weighted by atomic mass is 16.3. The molecule has 19 heavy (non-hydrogen) atoms. The number of carbonyl (C=O) groups excluding carboxylic acids is 1. The standard InChI is InChI=1S/C16H21NO2/c1-10-5-11(2)7-13(6-10)16(19)17-8-12-3-4-15(18)14(12)9-17/h5-7,12,14-15,18H,3-4,8-9H2,1-2H3. The Morgan fingerprint density at radius 2 is 1.84 bits per heavy atom. The number of aryl methyl sites for hydroxylation is 2. The summed E-state index contributed by atoms with van der Waals surface area (Å²) in [7, 11) is 0. The molecule has 1 aliphatic carbocycles. The molecule has 1 aliphatic heterocycles. The molecular weight excluding hydrogens is 238 g/mol. The number of aliphatic hydroxyl groups is 1. The van der Waals surface area contributed by atoms with E-state index in [4.69, 9.17) is 0 Å². The van der Waals surface area contributed by atoms with Crippen LogP contribution in [0.1, 0.15) is 34.3 Å². The number of hydrogen-bond donors (Lipinski definition) is 1. The molecule has 1 aromatic rings. The van der Waals surface area contributed by atoms with Crippen molar-refractivity contribution < 1.29 is 9.90 Å². The summed E-state index contributed by atoms with van der Waals surface area (Å²) in [5.41, 5.74) is 3.04. The summed E-state index contributed by atoms with van der Waals surface area (Å²) >= 11 is 0. The van der Waals surface area contributed by atoms with Gasteiger partial charge in [-0.15, -0.1) is 0 Å². The summed E-state index contributed by atoms with van der Waals surface area (Å²) in [6, 6.07) is 6.00. The molecule has 0 spiro atoms. The number of carbonyl (C=O) groups is 1. The minimum absolute atomic E-state index is 0.119. The van der Waals surface area contributed by atoms with Crippen LogP contribution in [0.15, 0.2) is 18.2 Å². The molecule has 3 rings (SSSR count). The van der Waals surface area contributed by atoms with Gasteiger partial charge >= 0.3 is 0 Å². The van der Waals surface area contributed by atoms with Gasteiger partial charge in [0.15, 0.2) is 0 Å². The smallest absolute Gasteiger partial charge is 0.253 e. The average Bonchev–Trinajstić information content (AvgIpc) is 2.90. The van der Waals surface area contributed by atoms with Crippen molar-refractivity contribution in [1.82, 2.24) is 4.90 Å². The van der Waals surface area contributed by atoms with Crippen molar-refractivity contribution in [2.24, 2.45) is 11.8 Å². The zero-order chi connectivity index (χ0) is 13.6. The van der Waals surface area contributed by atoms with E-state index in [0.717, 1.165) is 42.6 Å². The second-order valence-corrected chi connectivity index (χ2v) is 6.16. The third-order valence-corrected chi connectivity index (χ3v) is 4.57. The Bertz CT molecular complexity index is 491. The SMILES string of the molecule is Cc1cc(C)cc(C(=O)N2CC3CCC(O)C3C2)c1. The summed E-state index contributed by atoms with van der Waals surface area (Å²) in [4.78, 5) is 14.5. The van der Waals surface area contributed by atoms with Crippen molar-refractivity contribution in [1.29, 1.82) is 0 Å². The largest absolute Gasteiger partial charge is 0.393 e. The quantitative estimate of drug-likeness (QED) is 0.839. The molecule has 2 fully saturated rings. The van der Waals surface area contributed by atoms with E-state index < -0.39 is 0 Å². The maximum absolute atomic E-state index is 12.5. The van der Waals surface area contributed by atoms with E-state index in [1.807, 2.05) is 30.9 Å². The normalized spacial score (nSPS) is 29.6. The van der Waals surface area contributed by atoms with Crippen LogP contribution in [0.2, 0.25) is 0 Å². The molecule has 3 atom stereocenters. The van der Waals surface area contributed by atoms with Crippen LogP contribution in [0.5, 0.6) is 0 Å². The minimum Gasteiger partial charge on any atom is -0.393 e. The van der Waals surface area contributed by atoms with Gasteiger partial charge in [-0.05, 0) is 44.7 Å². The van der Waals surface area contributed by atoms with Gasteiger partial charge in [0.05, 0.1) is 6.10 Å². The number of likely N-dealkylation sites (tertiary alicyclic amines) is 1. The Morgan fingerprint density at radius 3 is 2.47 bits per heavy atom. The monoisotopic (exact) mass is 259 g/mol. The number of amides is 1. The van der Waals surface area contributed by atoms with Crippen molar-refractivity contribution in [3.63, 3.8) is 0 Å². The van der Waals surface area contributed by atoms with E-state index in [1.54, 1.807) is 0 Å². The van der Waals surface area contributed by atoms with E-state index in [9.17, 15) is 9.90 Å². The van der Waals surface area contributed by atoms with Crippen molar-refractivity contribution in [2.75, 3.05) is 13.1 Å². The maximum atomic E-state index is 12.5. The number of hydrogen-bond acceptors (Lipinski definition) is 2. The highest BCUT2D eigenvalue weighted by Gasteiger charge is 2.43. The zero-order valence-electron chi connectivity index (χ0n) is 11.6. The number of benzene rings is 1. The highest BCUT2D eigenvalue weighted by Crippen LogP contribution is 2.38. The van der Waals surface area contributed by atoms with Crippen LogP contribution < -0.4 is 0 Å². The summed E-state index contributed by atoms with van der Waals surface area (Å²) in [6.07, 6.45) is 1.76. The Hall–Kier alpha value is -1.35. The van der Waals surface area contributed by atoms with Gasteiger partial charge in [0, 0.05) is 24.6 Å². The van der Waals surface area contributed by atoms with E-state index in [-0.39, 0.29) is 12.0 Å². The van der Waals surface area contributed by atoms with Crippen LogP contribution in [0.3, 0.4) is 0 Å². The maximum Gasteiger partial charge on any atom is 0.253 e. The molecule has 3 heteroatoms. The Balaban J connectivity index is 1.78. The Morgan fingerprint density at radius 1 is 1.16 bits per heavy atom. The predicted octanol–water partition coefficient (Wildman–Crippen LogP) is 2.15. The van der Waals surface area contributed by atoms with E-state index in [2.05, 4.69) is 6.07 Å². The van der Waals surface area contributed by atoms with Crippen molar-refractivity contribution in [2.45, 2.75) is 32.8 Å². The van der Waals surface area contributed by atoms with Crippen LogP contribution in [-0.4, -0.2) is 35.1 Å². The molecule has 1 saturated heterocycles. The fraction of sp³-hybridized carbons (Fsp3) is 0.562. The molecule has 1 amide bonds. The van der Waals surface area contributed by atoms with Gasteiger partial charge in [-0.25, -0.2) is 0 Å². The molecule has 3 unspecified atom stereocenters. The van der Waals surface area contributed by atoms with Crippen LogP contribution in [0.4, 0.5) is 0 Å². The Kier molecular flexibility index (Phi) is 3.09. The molecule has 1 heterocycles. The molecule has 1 aromatic carbocycles. The van der Waals surface area contributed by atoms with Crippen molar-refractivity contribution in [3.8, 4) is 0 Å². The van der Waals surface area contributed by atoms with Crippen LogP contribution in [0, 0.1) is 25.7 Å². The lowest BCUT2D eigenvalue weighted by atomic mass is 10.00. The second-order valence-electron chi connectivity index (χ2n) is 6.16. The first-order chi connectivity index (χ1) is 9.04. The fourth-order valence-corrected chi connectivity index (χ4v) is 3.68. The molecule has 102 valence electrons. The minimum atomic E-state index is -0.206. The molecule has 3 nitrogen and oxygen atoms in total. The van der Waals surface area contributed by atoms with E-state index >= 15 is 0 Å². The highest BCUT2D eigenvalue weighted by molar-refractivity contribution is 5.94. The number of nitrogens with zero attached hydrogens (tertiary/aromatic N) is 1. The molecule has 0 aromatic heterocycles. The van der Waals surface area contributed by atoms with Gasteiger partial charge in [-0.2, -0.15) is 0 Å². The van der Waals surface area contributed by atoms with Crippen LogP contribution in [0.25, 0.3) is 0 Å². The van der Waals surface area contributed by atoms with Gasteiger partial charge < -0.3 is 10.0 Å². The van der Waals surface area contributed by atoms with E-state index in [1.165, 1.54) is 0 Å². The first-order valence-corrected chi connectivity index (χ1v) is 7.10. The Labute approximate surface area is 114 Å². The number of rotatable bonds is 1. The van der Waals surface area contributed by atoms with Crippen molar-refractivity contribution >= 4 is 5.91 Å². The second kappa shape index (κ2) is 4.64. The lowest BCUT2D eigenvalue weighted by molar-refractivity contribution is 0.0752. The average molecular weight is 259 g/mol. The zero-order valence-corrected chi connectivity index (χ0v) is 11.6. The molecule has 0 radical (unpaired) electrons. The summed E-state index contributed by atoms with van der Waals surface area (Å²) in [5, 5.41) is 9.92. The lowest BCUT2D eigenvalue weighted by Gasteiger charge is -2.19. The molecular formula is C16H21NO2. The van der Waals surface area contributed by atoms with Crippen LogP contribution >= 0.6 is 0 Å². The van der Waals surface area contributed by atoms with Gasteiger partial charge in [0.1, 0.15) is 0 Å². The third-order valence-electron chi connectivity index (χ3n) is 4.57. The summed E-state index contributed by atoms with van der Waals surface area (Å²) in [5.74, 6) is 0.924. The molecule has 2 aliphatic rings. The van der Waals surface area contributed by atoms with Crippen LogP contribution in [-0.2, 0) is 0 Å². The fourth-order valence-electron chi connectivity index (χ4n) is 3.68. The number of fused-ring (bicyclic) bond motifs is 1. The van der Waals surface area contributed by atoms with Crippen molar-refractivity contribution in [3.05, 3.63) is 34.9 Å². The predicted molar refractivity (Wildman–Crippen MR) is 74.0 cm³/mol. The van der Waals surface area contributed by atoms with Gasteiger partial charge in [0.2, 0.25) is 0 Å². The van der Waals surface area contributed by atoms with Gasteiger partial charge in [0.25, 0.3) is 5.91 Å². The molecule has 1 saturated carbocycles. The summed E-state index contributed by atoms with van der Waals surface area (Å²) in [6.45, 7) is 5.57. The van der Waals surface area contributed by atoms with E-state index in [0.29, 0.717) is 11.8 Å². The first-order valence-electron chi connectivity index (χ1n) is 7.10. The molecule has 0 bridgehead atoms. The lowest BCUT2D eigenvalue weighted by Crippen LogP contribution is -2.31. The van der Waals surface area contributed by atoms with Gasteiger partial charge in [-0.3, -0.25) is 4.79 Å².